The standard InChI is InChI=1S/C34H24N6O11S2.3Na/c41-27-16-19-14-24(11-13-26(19)32(53(49,50)51)29(27)39-38-22-8-6-18(7-9-22)33(43)44)36-34(45)35-23-10-12-25-20(15-23)17-28(52(46,47)48)30(31(25)42)40-37-21-4-2-1-3-5-21;;;/h1-17,41-42H,(H,43,44)(H2,35,36,45)(H,46,47,48)(H,49,50,51);;;/q;3*+1/p-3. The van der Waals surface area contributed by atoms with Crippen molar-refractivity contribution in [3.05, 3.63) is 109 Å². The number of nitrogens with zero attached hydrogens (tertiary/aromatic N) is 4. The van der Waals surface area contributed by atoms with E-state index in [2.05, 4.69) is 31.1 Å². The van der Waals surface area contributed by atoms with Gasteiger partial charge in [-0.25, -0.2) is 21.6 Å². The summed E-state index contributed by atoms with van der Waals surface area (Å²) in [5.41, 5.74) is -0.798. The molecule has 0 atom stereocenters. The van der Waals surface area contributed by atoms with Gasteiger partial charge in [-0.15, -0.1) is 10.2 Å². The monoisotopic (exact) mass is 822 g/mol. The van der Waals surface area contributed by atoms with Gasteiger partial charge in [-0.05, 0) is 83.1 Å². The molecule has 6 rings (SSSR count). The largest absolute Gasteiger partial charge is 1.00 e. The molecule has 0 saturated carbocycles. The van der Waals surface area contributed by atoms with Crippen LogP contribution in [0.1, 0.15) is 10.4 Å². The van der Waals surface area contributed by atoms with Crippen LogP contribution < -0.4 is 104 Å². The van der Waals surface area contributed by atoms with E-state index in [1.807, 2.05) is 0 Å². The molecule has 22 heteroatoms. The number of phenolic OH excluding ortho intramolecular Hbond substituents is 2. The SMILES string of the molecule is O=C(Nc1ccc2c(O)c(N=Nc3ccccc3)c(S(=O)(=O)[O-])cc2c1)Nc1ccc2c(S(=O)(=O)[O-])c(N=Nc3ccc(C(=O)[O-])cc3)c(O)cc2c1.[Na+].[Na+].[Na+]. The molecule has 2 amide bonds. The van der Waals surface area contributed by atoms with Crippen LogP contribution in [0.25, 0.3) is 21.5 Å². The van der Waals surface area contributed by atoms with Gasteiger partial charge in [-0.1, -0.05) is 36.4 Å². The quantitative estimate of drug-likeness (QED) is 0.0650. The maximum Gasteiger partial charge on any atom is 1.00 e. The minimum atomic E-state index is -5.27. The van der Waals surface area contributed by atoms with Gasteiger partial charge in [0.15, 0.2) is 5.75 Å². The van der Waals surface area contributed by atoms with Crippen molar-refractivity contribution in [3.8, 4) is 11.5 Å². The molecule has 56 heavy (non-hydrogen) atoms. The minimum absolute atomic E-state index is 0. The van der Waals surface area contributed by atoms with Gasteiger partial charge in [-0.2, -0.15) is 10.2 Å². The Bertz CT molecular complexity index is 2760. The third-order valence-corrected chi connectivity index (χ3v) is 9.29. The van der Waals surface area contributed by atoms with Crippen LogP contribution in [0.15, 0.2) is 133 Å². The Morgan fingerprint density at radius 2 is 1.11 bits per heavy atom. The molecule has 0 fully saturated rings. The van der Waals surface area contributed by atoms with Gasteiger partial charge in [0.05, 0.1) is 27.1 Å². The first kappa shape index (κ1) is 46.6. The molecule has 0 aromatic heterocycles. The van der Waals surface area contributed by atoms with E-state index >= 15 is 0 Å². The number of anilines is 2. The second-order valence-electron chi connectivity index (χ2n) is 11.1. The van der Waals surface area contributed by atoms with Gasteiger partial charge in [0, 0.05) is 22.1 Å². The van der Waals surface area contributed by atoms with Crippen molar-refractivity contribution in [1.29, 1.82) is 0 Å². The van der Waals surface area contributed by atoms with Gasteiger partial charge < -0.3 is 39.9 Å². The first-order valence-corrected chi connectivity index (χ1v) is 17.7. The van der Waals surface area contributed by atoms with E-state index < -0.39 is 64.9 Å². The van der Waals surface area contributed by atoms with Crippen molar-refractivity contribution < 1.29 is 140 Å². The first-order valence-electron chi connectivity index (χ1n) is 14.9. The number of azo groups is 2. The van der Waals surface area contributed by atoms with Crippen molar-refractivity contribution in [2.24, 2.45) is 20.5 Å². The van der Waals surface area contributed by atoms with Crippen LogP contribution >= 0.6 is 0 Å². The number of amides is 2. The summed E-state index contributed by atoms with van der Waals surface area (Å²) in [6, 6.07) is 22.0. The normalized spacial score (nSPS) is 11.5. The summed E-state index contributed by atoms with van der Waals surface area (Å²) >= 11 is 0. The number of hydrogen-bond donors (Lipinski definition) is 4. The molecule has 6 aromatic rings. The van der Waals surface area contributed by atoms with Gasteiger partial charge in [0.25, 0.3) is 0 Å². The third-order valence-electron chi connectivity index (χ3n) is 7.52. The van der Waals surface area contributed by atoms with E-state index in [-0.39, 0.29) is 133 Å². The molecular weight excluding hydrogens is 802 g/mol. The molecule has 0 spiro atoms. The van der Waals surface area contributed by atoms with Crippen LogP contribution in [-0.2, 0) is 20.2 Å². The molecule has 0 aliphatic heterocycles. The fraction of sp³-hybridized carbons (Fsp3) is 0. The Hall–Kier alpha value is -3.80. The summed E-state index contributed by atoms with van der Waals surface area (Å²) in [6.45, 7) is 0. The molecule has 268 valence electrons. The number of rotatable bonds is 9. The molecule has 6 aromatic carbocycles. The third kappa shape index (κ3) is 10.8. The van der Waals surface area contributed by atoms with Crippen molar-refractivity contribution in [1.82, 2.24) is 0 Å². The number of aromatic carboxylic acids is 1. The molecule has 0 radical (unpaired) electrons. The van der Waals surface area contributed by atoms with Crippen molar-refractivity contribution in [2.75, 3.05) is 10.6 Å². The van der Waals surface area contributed by atoms with Crippen LogP contribution in [0.5, 0.6) is 11.5 Å². The zero-order valence-electron chi connectivity index (χ0n) is 29.5. The van der Waals surface area contributed by atoms with Gasteiger partial charge in [0.2, 0.25) is 0 Å². The van der Waals surface area contributed by atoms with Crippen molar-refractivity contribution in [2.45, 2.75) is 9.79 Å². The van der Waals surface area contributed by atoms with Crippen LogP contribution in [0.4, 0.5) is 38.9 Å². The van der Waals surface area contributed by atoms with Gasteiger partial charge >= 0.3 is 94.7 Å². The Morgan fingerprint density at radius 3 is 1.64 bits per heavy atom. The number of urea groups is 1. The van der Waals surface area contributed by atoms with E-state index in [1.54, 1.807) is 30.3 Å². The maximum atomic E-state index is 12.9. The van der Waals surface area contributed by atoms with Crippen LogP contribution in [-0.4, -0.2) is 48.2 Å². The average Bonchev–Trinajstić information content (AvgIpc) is 3.09. The van der Waals surface area contributed by atoms with Gasteiger partial charge in [0.1, 0.15) is 37.4 Å². The molecule has 0 unspecified atom stereocenters. The smallest absolute Gasteiger partial charge is 0.744 e. The minimum Gasteiger partial charge on any atom is -0.744 e. The zero-order chi connectivity index (χ0) is 38.1. The fourth-order valence-corrected chi connectivity index (χ4v) is 6.64. The molecule has 0 saturated heterocycles. The molecular formula is C34H21N6Na3O11S2. The summed E-state index contributed by atoms with van der Waals surface area (Å²) in [6.07, 6.45) is 0. The van der Waals surface area contributed by atoms with Crippen LogP contribution in [0.2, 0.25) is 0 Å². The van der Waals surface area contributed by atoms with E-state index in [4.69, 9.17) is 0 Å². The van der Waals surface area contributed by atoms with E-state index in [1.165, 1.54) is 60.7 Å². The number of carbonyl (C=O) groups excluding carboxylic acids is 2. The molecule has 0 heterocycles. The first-order chi connectivity index (χ1) is 25.1. The number of hydrogen-bond acceptors (Lipinski definition) is 15. The Morgan fingerprint density at radius 1 is 0.589 bits per heavy atom. The fourth-order valence-electron chi connectivity index (χ4n) is 5.16. The summed E-state index contributed by atoms with van der Waals surface area (Å²) in [5, 5.41) is 52.8. The molecule has 4 N–H and O–H groups in total. The van der Waals surface area contributed by atoms with E-state index in [0.29, 0.717) is 5.69 Å². The molecule has 17 nitrogen and oxygen atoms in total. The number of benzene rings is 6. The van der Waals surface area contributed by atoms with E-state index in [9.17, 15) is 50.8 Å². The molecule has 0 aliphatic carbocycles. The summed E-state index contributed by atoms with van der Waals surface area (Å²) in [7, 11) is -10.4. The summed E-state index contributed by atoms with van der Waals surface area (Å²) in [4.78, 5) is 22.2. The second-order valence-corrected chi connectivity index (χ2v) is 13.7. The van der Waals surface area contributed by atoms with Crippen LogP contribution in [0.3, 0.4) is 0 Å². The summed E-state index contributed by atoms with van der Waals surface area (Å²) in [5.74, 6) is -2.81. The average molecular weight is 823 g/mol. The van der Waals surface area contributed by atoms with Gasteiger partial charge in [-0.3, -0.25) is 0 Å². The maximum absolute atomic E-state index is 12.9. The van der Waals surface area contributed by atoms with Crippen LogP contribution in [0, 0.1) is 0 Å². The second kappa shape index (κ2) is 19.1. The Kier molecular flexibility index (Phi) is 15.9. The predicted octanol–water partition coefficient (Wildman–Crippen LogP) is -2.94. The Labute approximate surface area is 384 Å². The number of carboxylic acids is 1. The molecule has 0 aliphatic rings. The number of carboxylic acid groups (broad SMARTS) is 1. The number of aromatic hydroxyl groups is 2. The number of nitrogens with one attached hydrogen (secondary N) is 2. The number of carbonyl (C=O) groups is 2. The number of fused-ring (bicyclic) bond motifs is 2. The number of phenols is 2. The van der Waals surface area contributed by atoms with Crippen molar-refractivity contribution in [3.63, 3.8) is 0 Å². The van der Waals surface area contributed by atoms with E-state index in [0.717, 1.165) is 12.1 Å². The Balaban J connectivity index is 0.00000280. The molecule has 0 bridgehead atoms. The summed E-state index contributed by atoms with van der Waals surface area (Å²) < 4.78 is 73.3. The van der Waals surface area contributed by atoms with Crippen molar-refractivity contribution >= 4 is 87.9 Å². The predicted molar refractivity (Wildman–Crippen MR) is 185 cm³/mol. The topological polar surface area (TPSA) is 286 Å². The zero-order valence-corrected chi connectivity index (χ0v) is 37.1.